The smallest absolute Gasteiger partial charge is 0.276 e. The van der Waals surface area contributed by atoms with Crippen molar-refractivity contribution in [2.45, 2.75) is 17.4 Å². The third-order valence-corrected chi connectivity index (χ3v) is 4.35. The summed E-state index contributed by atoms with van der Waals surface area (Å²) in [4.78, 5) is 0. The highest BCUT2D eigenvalue weighted by Gasteiger charge is 2.10. The first kappa shape index (κ1) is 16.4. The van der Waals surface area contributed by atoms with Crippen LogP contribution in [0.25, 0.3) is 0 Å². The van der Waals surface area contributed by atoms with Gasteiger partial charge in [-0.1, -0.05) is 48.2 Å². The van der Waals surface area contributed by atoms with Crippen molar-refractivity contribution in [2.75, 3.05) is 14.2 Å². The van der Waals surface area contributed by atoms with Gasteiger partial charge in [-0.05, 0) is 23.3 Å². The van der Waals surface area contributed by atoms with E-state index in [1.165, 1.54) is 17.3 Å². The molecule has 1 aromatic heterocycles. The highest BCUT2D eigenvalue weighted by Crippen LogP contribution is 2.29. The Bertz CT molecular complexity index is 790. The van der Waals surface area contributed by atoms with E-state index in [4.69, 9.17) is 13.9 Å². The molecule has 0 saturated carbocycles. The Morgan fingerprint density at radius 2 is 1.71 bits per heavy atom. The fourth-order valence-electron chi connectivity index (χ4n) is 2.25. The van der Waals surface area contributed by atoms with E-state index in [9.17, 15) is 0 Å². The molecule has 0 aliphatic rings. The van der Waals surface area contributed by atoms with E-state index in [2.05, 4.69) is 22.3 Å². The van der Waals surface area contributed by atoms with Crippen LogP contribution in [0.4, 0.5) is 0 Å². The maximum atomic E-state index is 5.71. The number of rotatable bonds is 7. The second-order valence-corrected chi connectivity index (χ2v) is 6.03. The molecule has 2 aromatic carbocycles. The topological polar surface area (TPSA) is 57.4 Å². The fourth-order valence-corrected chi connectivity index (χ4v) is 2.99. The standard InChI is InChI=1S/C18H18N2O3S/c1-21-15-9-8-14(10-16(15)22-2)11-17-19-20-18(23-17)24-12-13-6-4-3-5-7-13/h3-10H,11-12H2,1-2H3. The zero-order valence-electron chi connectivity index (χ0n) is 13.6. The van der Waals surface area contributed by atoms with Crippen LogP contribution >= 0.6 is 11.8 Å². The minimum absolute atomic E-state index is 0.555. The monoisotopic (exact) mass is 342 g/mol. The molecule has 0 unspecified atom stereocenters. The van der Waals surface area contributed by atoms with Crippen molar-refractivity contribution >= 4 is 11.8 Å². The van der Waals surface area contributed by atoms with Gasteiger partial charge in [-0.25, -0.2) is 0 Å². The van der Waals surface area contributed by atoms with Crippen molar-refractivity contribution in [2.24, 2.45) is 0 Å². The molecule has 6 heteroatoms. The largest absolute Gasteiger partial charge is 0.493 e. The van der Waals surface area contributed by atoms with Crippen molar-refractivity contribution in [3.8, 4) is 11.5 Å². The maximum Gasteiger partial charge on any atom is 0.276 e. The van der Waals surface area contributed by atoms with Crippen LogP contribution < -0.4 is 9.47 Å². The van der Waals surface area contributed by atoms with Crippen molar-refractivity contribution < 1.29 is 13.9 Å². The molecule has 0 aliphatic carbocycles. The van der Waals surface area contributed by atoms with Crippen LogP contribution in [0.1, 0.15) is 17.0 Å². The molecule has 0 amide bonds. The number of aromatic nitrogens is 2. The van der Waals surface area contributed by atoms with Gasteiger partial charge in [-0.2, -0.15) is 0 Å². The van der Waals surface area contributed by atoms with Gasteiger partial charge in [-0.3, -0.25) is 0 Å². The second-order valence-electron chi connectivity index (χ2n) is 5.10. The van der Waals surface area contributed by atoms with Crippen LogP contribution in [-0.2, 0) is 12.2 Å². The van der Waals surface area contributed by atoms with Crippen LogP contribution in [-0.4, -0.2) is 24.4 Å². The number of nitrogens with zero attached hydrogens (tertiary/aromatic N) is 2. The lowest BCUT2D eigenvalue weighted by Crippen LogP contribution is -1.94. The third kappa shape index (κ3) is 4.08. The molecular formula is C18H18N2O3S. The van der Waals surface area contributed by atoms with Gasteiger partial charge in [0.2, 0.25) is 5.89 Å². The summed E-state index contributed by atoms with van der Waals surface area (Å²) in [5.41, 5.74) is 2.25. The van der Waals surface area contributed by atoms with E-state index < -0.39 is 0 Å². The Morgan fingerprint density at radius 1 is 0.917 bits per heavy atom. The summed E-state index contributed by atoms with van der Waals surface area (Å²) < 4.78 is 16.3. The number of hydrogen-bond donors (Lipinski definition) is 0. The van der Waals surface area contributed by atoms with Crippen LogP contribution in [0.3, 0.4) is 0 Å². The maximum absolute atomic E-state index is 5.71. The summed E-state index contributed by atoms with van der Waals surface area (Å²) in [6.07, 6.45) is 0.555. The predicted octanol–water partition coefficient (Wildman–Crippen LogP) is 3.97. The van der Waals surface area contributed by atoms with Crippen LogP contribution in [0.2, 0.25) is 0 Å². The Balaban J connectivity index is 1.63. The van der Waals surface area contributed by atoms with E-state index in [0.29, 0.717) is 29.0 Å². The average molecular weight is 342 g/mol. The van der Waals surface area contributed by atoms with Gasteiger partial charge < -0.3 is 13.9 Å². The normalized spacial score (nSPS) is 10.6. The summed E-state index contributed by atoms with van der Waals surface area (Å²) in [6, 6.07) is 15.9. The third-order valence-electron chi connectivity index (χ3n) is 3.46. The lowest BCUT2D eigenvalue weighted by molar-refractivity contribution is 0.354. The summed E-state index contributed by atoms with van der Waals surface area (Å²) in [7, 11) is 3.23. The molecule has 1 heterocycles. The van der Waals surface area contributed by atoms with Gasteiger partial charge in [0.05, 0.1) is 20.6 Å². The molecule has 0 radical (unpaired) electrons. The summed E-state index contributed by atoms with van der Waals surface area (Å²) in [5.74, 6) is 2.77. The zero-order chi connectivity index (χ0) is 16.8. The minimum atomic E-state index is 0.555. The molecule has 3 aromatic rings. The van der Waals surface area contributed by atoms with Crippen molar-refractivity contribution in [1.82, 2.24) is 10.2 Å². The predicted molar refractivity (Wildman–Crippen MR) is 92.7 cm³/mol. The first-order chi connectivity index (χ1) is 11.8. The molecule has 124 valence electrons. The van der Waals surface area contributed by atoms with Gasteiger partial charge in [0, 0.05) is 5.75 Å². The zero-order valence-corrected chi connectivity index (χ0v) is 14.4. The van der Waals surface area contributed by atoms with Crippen LogP contribution in [0.5, 0.6) is 11.5 Å². The highest BCUT2D eigenvalue weighted by molar-refractivity contribution is 7.98. The lowest BCUT2D eigenvalue weighted by atomic mass is 10.1. The van der Waals surface area contributed by atoms with Crippen molar-refractivity contribution in [3.63, 3.8) is 0 Å². The number of ether oxygens (including phenoxy) is 2. The Kier molecular flexibility index (Phi) is 5.38. The SMILES string of the molecule is COc1ccc(Cc2nnc(SCc3ccccc3)o2)cc1OC. The first-order valence-electron chi connectivity index (χ1n) is 7.48. The molecule has 0 atom stereocenters. The van der Waals surface area contributed by atoms with Crippen LogP contribution in [0.15, 0.2) is 58.2 Å². The molecule has 0 aliphatic heterocycles. The van der Waals surface area contributed by atoms with Crippen molar-refractivity contribution in [1.29, 1.82) is 0 Å². The average Bonchev–Trinajstić information content (AvgIpc) is 3.08. The quantitative estimate of drug-likeness (QED) is 0.606. The molecule has 0 fully saturated rings. The Labute approximate surface area is 145 Å². The summed E-state index contributed by atoms with van der Waals surface area (Å²) >= 11 is 1.53. The lowest BCUT2D eigenvalue weighted by Gasteiger charge is -2.08. The molecule has 0 saturated heterocycles. The first-order valence-corrected chi connectivity index (χ1v) is 8.47. The Hall–Kier alpha value is -2.47. The van der Waals surface area contributed by atoms with E-state index in [-0.39, 0.29) is 0 Å². The van der Waals surface area contributed by atoms with Gasteiger partial charge in [-0.15, -0.1) is 10.2 Å². The summed E-state index contributed by atoms with van der Waals surface area (Å²) in [5, 5.41) is 8.78. The Morgan fingerprint density at radius 3 is 2.46 bits per heavy atom. The van der Waals surface area contributed by atoms with Gasteiger partial charge in [0.15, 0.2) is 11.5 Å². The minimum Gasteiger partial charge on any atom is -0.493 e. The molecule has 0 N–H and O–H groups in total. The molecule has 24 heavy (non-hydrogen) atoms. The molecular weight excluding hydrogens is 324 g/mol. The van der Waals surface area contributed by atoms with Gasteiger partial charge in [0.1, 0.15) is 0 Å². The molecule has 5 nitrogen and oxygen atoms in total. The van der Waals surface area contributed by atoms with Gasteiger partial charge >= 0.3 is 0 Å². The number of thioether (sulfide) groups is 1. The van der Waals surface area contributed by atoms with E-state index >= 15 is 0 Å². The second kappa shape index (κ2) is 7.88. The van der Waals surface area contributed by atoms with E-state index in [1.807, 2.05) is 36.4 Å². The van der Waals surface area contributed by atoms with Crippen LogP contribution in [0, 0.1) is 0 Å². The number of methoxy groups -OCH3 is 2. The van der Waals surface area contributed by atoms with Gasteiger partial charge in [0.25, 0.3) is 5.22 Å². The fraction of sp³-hybridized carbons (Fsp3) is 0.222. The summed E-state index contributed by atoms with van der Waals surface area (Å²) in [6.45, 7) is 0. The van der Waals surface area contributed by atoms with E-state index in [1.54, 1.807) is 14.2 Å². The number of hydrogen-bond acceptors (Lipinski definition) is 6. The molecule has 0 bridgehead atoms. The number of benzene rings is 2. The van der Waals surface area contributed by atoms with Crippen molar-refractivity contribution in [3.05, 3.63) is 65.5 Å². The van der Waals surface area contributed by atoms with E-state index in [0.717, 1.165) is 11.3 Å². The molecule has 0 spiro atoms. The highest BCUT2D eigenvalue weighted by atomic mass is 32.2. The molecule has 3 rings (SSSR count).